The number of nitrogens with zero attached hydrogens (tertiary/aromatic N) is 2. The highest BCUT2D eigenvalue weighted by atomic mass is 16.5. The highest BCUT2D eigenvalue weighted by Gasteiger charge is 2.32. The Hall–Kier alpha value is -1.33. The molecule has 0 N–H and O–H groups in total. The van der Waals surface area contributed by atoms with Gasteiger partial charge in [-0.1, -0.05) is 0 Å². The number of hydrogen-bond acceptors (Lipinski definition) is 4. The number of hydrogen-bond donors (Lipinski definition) is 0. The van der Waals surface area contributed by atoms with E-state index in [0.29, 0.717) is 5.91 Å². The van der Waals surface area contributed by atoms with E-state index in [9.17, 15) is 4.79 Å². The minimum Gasteiger partial charge on any atom is -0.468 e. The van der Waals surface area contributed by atoms with Crippen LogP contribution in [0.4, 0.5) is 0 Å². The molecule has 1 aromatic heterocycles. The number of amides is 1. The van der Waals surface area contributed by atoms with Crippen molar-refractivity contribution < 1.29 is 13.9 Å². The van der Waals surface area contributed by atoms with Crippen LogP contribution in [0.3, 0.4) is 0 Å². The summed E-state index contributed by atoms with van der Waals surface area (Å²) in [6.45, 7) is 8.33. The second-order valence-corrected chi connectivity index (χ2v) is 6.63. The Labute approximate surface area is 132 Å². The monoisotopic (exact) mass is 306 g/mol. The Morgan fingerprint density at radius 3 is 2.50 bits per heavy atom. The highest BCUT2D eigenvalue weighted by Crippen LogP contribution is 2.23. The first-order chi connectivity index (χ1) is 10.6. The average molecular weight is 306 g/mol. The van der Waals surface area contributed by atoms with Crippen molar-refractivity contribution in [2.75, 3.05) is 26.2 Å². The number of piperidine rings is 1. The molecule has 3 heterocycles. The van der Waals surface area contributed by atoms with Gasteiger partial charge in [-0.15, -0.1) is 0 Å². The molecule has 0 radical (unpaired) electrons. The van der Waals surface area contributed by atoms with Gasteiger partial charge in [0.1, 0.15) is 5.76 Å². The van der Waals surface area contributed by atoms with Gasteiger partial charge in [-0.05, 0) is 51.9 Å². The highest BCUT2D eigenvalue weighted by molar-refractivity contribution is 5.79. The molecule has 3 rings (SSSR count). The van der Waals surface area contributed by atoms with E-state index in [1.54, 1.807) is 6.26 Å². The van der Waals surface area contributed by atoms with Gasteiger partial charge in [0.25, 0.3) is 0 Å². The quantitative estimate of drug-likeness (QED) is 0.858. The number of carbonyl (C=O) groups excluding carboxylic acids is 1. The largest absolute Gasteiger partial charge is 0.468 e. The van der Waals surface area contributed by atoms with Crippen LogP contribution in [-0.4, -0.2) is 54.1 Å². The van der Waals surface area contributed by atoms with Gasteiger partial charge in [0.05, 0.1) is 25.0 Å². The molecule has 0 aromatic carbocycles. The van der Waals surface area contributed by atoms with Crippen LogP contribution in [0.25, 0.3) is 0 Å². The molecule has 2 aliphatic rings. The minimum atomic E-state index is 0.145. The number of ether oxygens (including phenoxy) is 1. The molecule has 22 heavy (non-hydrogen) atoms. The van der Waals surface area contributed by atoms with Crippen LogP contribution in [0.15, 0.2) is 22.8 Å². The molecule has 0 aliphatic carbocycles. The molecular weight excluding hydrogens is 280 g/mol. The van der Waals surface area contributed by atoms with Gasteiger partial charge in [-0.3, -0.25) is 9.69 Å². The summed E-state index contributed by atoms with van der Waals surface area (Å²) in [6, 6.07) is 3.93. The maximum Gasteiger partial charge on any atom is 0.225 e. The second-order valence-electron chi connectivity index (χ2n) is 6.63. The molecule has 2 saturated heterocycles. The maximum atomic E-state index is 12.7. The van der Waals surface area contributed by atoms with E-state index in [0.717, 1.165) is 51.3 Å². The third-order valence-corrected chi connectivity index (χ3v) is 4.63. The molecular formula is C17H26N2O3. The van der Waals surface area contributed by atoms with E-state index in [4.69, 9.17) is 9.15 Å². The predicted octanol–water partition coefficient (Wildman–Crippen LogP) is 2.13. The van der Waals surface area contributed by atoms with Crippen molar-refractivity contribution in [3.05, 3.63) is 24.2 Å². The molecule has 1 aromatic rings. The van der Waals surface area contributed by atoms with E-state index in [2.05, 4.69) is 4.90 Å². The summed E-state index contributed by atoms with van der Waals surface area (Å²) in [5.74, 6) is 1.49. The van der Waals surface area contributed by atoms with Crippen LogP contribution in [-0.2, 0) is 16.1 Å². The van der Waals surface area contributed by atoms with Crippen molar-refractivity contribution in [1.82, 2.24) is 9.80 Å². The Morgan fingerprint density at radius 1 is 1.23 bits per heavy atom. The van der Waals surface area contributed by atoms with E-state index in [1.807, 2.05) is 30.9 Å². The summed E-state index contributed by atoms with van der Waals surface area (Å²) in [5, 5.41) is 0. The number of likely N-dealkylation sites (tertiary alicyclic amines) is 1. The Balaban J connectivity index is 1.49. The summed E-state index contributed by atoms with van der Waals surface area (Å²) >= 11 is 0. The summed E-state index contributed by atoms with van der Waals surface area (Å²) in [4.78, 5) is 17.1. The van der Waals surface area contributed by atoms with Crippen LogP contribution >= 0.6 is 0 Å². The van der Waals surface area contributed by atoms with Crippen LogP contribution in [0, 0.1) is 5.92 Å². The summed E-state index contributed by atoms with van der Waals surface area (Å²) in [5.41, 5.74) is 0. The molecule has 0 saturated carbocycles. The SMILES string of the molecule is C[C@@H]1CN(C(=O)C2CCN(Cc3ccco3)CC2)C[C@@H](C)O1. The number of carbonyl (C=O) groups is 1. The van der Waals surface area contributed by atoms with Crippen molar-refractivity contribution in [3.63, 3.8) is 0 Å². The normalized spacial score (nSPS) is 28.0. The van der Waals surface area contributed by atoms with E-state index >= 15 is 0 Å². The molecule has 2 fully saturated rings. The first-order valence-electron chi connectivity index (χ1n) is 8.31. The van der Waals surface area contributed by atoms with Gasteiger partial charge in [-0.2, -0.15) is 0 Å². The van der Waals surface area contributed by atoms with Gasteiger partial charge in [0.15, 0.2) is 0 Å². The van der Waals surface area contributed by atoms with E-state index < -0.39 is 0 Å². The van der Waals surface area contributed by atoms with Crippen molar-refractivity contribution in [2.24, 2.45) is 5.92 Å². The topological polar surface area (TPSA) is 45.9 Å². The fourth-order valence-electron chi connectivity index (χ4n) is 3.58. The van der Waals surface area contributed by atoms with Crippen LogP contribution in [0.2, 0.25) is 0 Å². The van der Waals surface area contributed by atoms with Crippen molar-refractivity contribution in [2.45, 2.75) is 45.4 Å². The lowest BCUT2D eigenvalue weighted by molar-refractivity contribution is -0.148. The molecule has 2 aliphatic heterocycles. The van der Waals surface area contributed by atoms with Gasteiger partial charge >= 0.3 is 0 Å². The Kier molecular flexibility index (Phi) is 4.84. The Morgan fingerprint density at radius 2 is 1.91 bits per heavy atom. The van der Waals surface area contributed by atoms with Crippen molar-refractivity contribution in [3.8, 4) is 0 Å². The molecule has 0 spiro atoms. The lowest BCUT2D eigenvalue weighted by Gasteiger charge is -2.39. The zero-order valence-corrected chi connectivity index (χ0v) is 13.5. The first-order valence-corrected chi connectivity index (χ1v) is 8.31. The number of furan rings is 1. The second kappa shape index (κ2) is 6.84. The van der Waals surface area contributed by atoms with Crippen LogP contribution in [0.5, 0.6) is 0 Å². The average Bonchev–Trinajstić information content (AvgIpc) is 2.99. The number of morpholine rings is 1. The van der Waals surface area contributed by atoms with E-state index in [1.165, 1.54) is 0 Å². The molecule has 0 bridgehead atoms. The third kappa shape index (κ3) is 3.70. The van der Waals surface area contributed by atoms with E-state index in [-0.39, 0.29) is 18.1 Å². The standard InChI is InChI=1S/C17H26N2O3/c1-13-10-19(11-14(2)22-13)17(20)15-5-7-18(8-6-15)12-16-4-3-9-21-16/h3-4,9,13-15H,5-8,10-12H2,1-2H3/t13-,14-/m1/s1. The molecule has 1 amide bonds. The van der Waals surface area contributed by atoms with Crippen LogP contribution in [0.1, 0.15) is 32.4 Å². The first kappa shape index (κ1) is 15.6. The summed E-state index contributed by atoms with van der Waals surface area (Å²) in [6.07, 6.45) is 3.89. The zero-order valence-electron chi connectivity index (χ0n) is 13.5. The molecule has 122 valence electrons. The molecule has 5 nitrogen and oxygen atoms in total. The molecule has 0 unspecified atom stereocenters. The fraction of sp³-hybridized carbons (Fsp3) is 0.706. The Bertz CT molecular complexity index is 470. The lowest BCUT2D eigenvalue weighted by Crippen LogP contribution is -2.51. The summed E-state index contributed by atoms with van der Waals surface area (Å²) < 4.78 is 11.1. The smallest absolute Gasteiger partial charge is 0.225 e. The molecule has 2 atom stereocenters. The minimum absolute atomic E-state index is 0.145. The summed E-state index contributed by atoms with van der Waals surface area (Å²) in [7, 11) is 0. The van der Waals surface area contributed by atoms with Gasteiger partial charge in [0, 0.05) is 19.0 Å². The van der Waals surface area contributed by atoms with Gasteiger partial charge in [0.2, 0.25) is 5.91 Å². The fourth-order valence-corrected chi connectivity index (χ4v) is 3.58. The van der Waals surface area contributed by atoms with Crippen molar-refractivity contribution >= 4 is 5.91 Å². The lowest BCUT2D eigenvalue weighted by atomic mass is 9.94. The number of rotatable bonds is 3. The predicted molar refractivity (Wildman–Crippen MR) is 83.3 cm³/mol. The van der Waals surface area contributed by atoms with Gasteiger partial charge in [-0.25, -0.2) is 0 Å². The maximum absolute atomic E-state index is 12.7. The van der Waals surface area contributed by atoms with Crippen LogP contribution < -0.4 is 0 Å². The van der Waals surface area contributed by atoms with Crippen molar-refractivity contribution in [1.29, 1.82) is 0 Å². The zero-order chi connectivity index (χ0) is 15.5. The molecule has 5 heteroatoms. The van der Waals surface area contributed by atoms with Gasteiger partial charge < -0.3 is 14.1 Å². The third-order valence-electron chi connectivity index (χ3n) is 4.63.